The first-order valence-corrected chi connectivity index (χ1v) is 11.6. The number of imide groups is 1. The maximum absolute atomic E-state index is 13.5. The number of amides is 5. The molecule has 2 atom stereocenters. The van der Waals surface area contributed by atoms with Crippen molar-refractivity contribution < 1.29 is 23.6 Å². The number of nitrogens with one attached hydrogen (secondary N) is 1. The third-order valence-corrected chi connectivity index (χ3v) is 7.19. The monoisotopic (exact) mass is 444 g/mol. The van der Waals surface area contributed by atoms with Crippen LogP contribution in [0.1, 0.15) is 58.1 Å². The van der Waals surface area contributed by atoms with Crippen molar-refractivity contribution in [3.8, 4) is 0 Å². The van der Waals surface area contributed by atoms with E-state index in [-0.39, 0.29) is 42.3 Å². The Morgan fingerprint density at radius 1 is 1.19 bits per heavy atom. The van der Waals surface area contributed by atoms with Crippen molar-refractivity contribution in [2.45, 2.75) is 70.5 Å². The molecule has 174 valence electrons. The molecule has 9 heteroatoms. The van der Waals surface area contributed by atoms with Gasteiger partial charge in [0, 0.05) is 26.6 Å². The number of hydrogen-bond acceptors (Lipinski definition) is 5. The molecule has 0 radical (unpaired) electrons. The number of carbonyl (C=O) groups is 4. The summed E-state index contributed by atoms with van der Waals surface area (Å²) >= 11 is 0. The van der Waals surface area contributed by atoms with Crippen LogP contribution in [-0.4, -0.2) is 69.7 Å². The van der Waals surface area contributed by atoms with Gasteiger partial charge in [0.1, 0.15) is 17.3 Å². The van der Waals surface area contributed by atoms with Gasteiger partial charge in [-0.05, 0) is 50.2 Å². The van der Waals surface area contributed by atoms with Crippen LogP contribution < -0.4 is 5.32 Å². The van der Waals surface area contributed by atoms with E-state index < -0.39 is 5.54 Å². The first-order chi connectivity index (χ1) is 15.4. The fourth-order valence-electron chi connectivity index (χ4n) is 5.60. The fourth-order valence-corrected chi connectivity index (χ4v) is 5.60. The molecule has 4 rings (SSSR count). The second-order valence-electron chi connectivity index (χ2n) is 9.09. The lowest BCUT2D eigenvalue weighted by Crippen LogP contribution is -2.57. The summed E-state index contributed by atoms with van der Waals surface area (Å²) in [5, 5.41) is 3.01. The minimum atomic E-state index is -0.938. The molecule has 1 N–H and O–H groups in total. The van der Waals surface area contributed by atoms with E-state index in [4.69, 9.17) is 4.42 Å². The quantitative estimate of drug-likeness (QED) is 0.677. The largest absolute Gasteiger partial charge is 0.467 e. The van der Waals surface area contributed by atoms with Gasteiger partial charge < -0.3 is 19.5 Å². The maximum Gasteiger partial charge on any atom is 0.325 e. The summed E-state index contributed by atoms with van der Waals surface area (Å²) in [4.78, 5) is 55.9. The molecule has 4 heterocycles. The minimum Gasteiger partial charge on any atom is -0.467 e. The van der Waals surface area contributed by atoms with E-state index in [1.54, 1.807) is 17.0 Å². The lowest BCUT2D eigenvalue weighted by atomic mass is 9.74. The Kier molecular flexibility index (Phi) is 6.26. The van der Waals surface area contributed by atoms with Gasteiger partial charge in [0.25, 0.3) is 5.91 Å². The van der Waals surface area contributed by atoms with Gasteiger partial charge in [0.2, 0.25) is 11.8 Å². The topological polar surface area (TPSA) is 103 Å². The van der Waals surface area contributed by atoms with Crippen molar-refractivity contribution in [1.29, 1.82) is 0 Å². The zero-order valence-electron chi connectivity index (χ0n) is 18.8. The number of furan rings is 1. The molecule has 5 amide bonds. The average molecular weight is 445 g/mol. The predicted molar refractivity (Wildman–Crippen MR) is 115 cm³/mol. The molecule has 0 spiro atoms. The van der Waals surface area contributed by atoms with Gasteiger partial charge in [0.05, 0.1) is 12.8 Å². The zero-order chi connectivity index (χ0) is 22.9. The Bertz CT molecular complexity index is 877. The predicted octanol–water partition coefficient (Wildman–Crippen LogP) is 2.12. The number of nitrogens with zero attached hydrogens (tertiary/aromatic N) is 3. The highest BCUT2D eigenvalue weighted by molar-refractivity contribution is 6.07. The Labute approximate surface area is 188 Å². The molecule has 0 aliphatic carbocycles. The standard InChI is InChI=1S/C23H32N4O5/c1-3-10-23(21(30)27(22(31)24-23)15-18-6-5-14-32-18)17-8-12-25(13-9-17)20(29)19-7-4-11-26(19)16(2)28/h5-6,14,17,19H,3-4,7-13,15H2,1-2H3,(H,24,31)/t19-,23?/m0/s1. The van der Waals surface area contributed by atoms with Crippen molar-refractivity contribution in [2.24, 2.45) is 5.92 Å². The molecule has 0 saturated carbocycles. The van der Waals surface area contributed by atoms with Crippen LogP contribution in [0, 0.1) is 5.92 Å². The lowest BCUT2D eigenvalue weighted by molar-refractivity contribution is -0.144. The van der Waals surface area contributed by atoms with Crippen LogP contribution in [0.25, 0.3) is 0 Å². The van der Waals surface area contributed by atoms with Crippen molar-refractivity contribution in [2.75, 3.05) is 19.6 Å². The van der Waals surface area contributed by atoms with Crippen LogP contribution >= 0.6 is 0 Å². The highest BCUT2D eigenvalue weighted by Crippen LogP contribution is 2.38. The van der Waals surface area contributed by atoms with E-state index in [1.807, 2.05) is 11.8 Å². The smallest absolute Gasteiger partial charge is 0.325 e. The number of rotatable bonds is 6. The van der Waals surface area contributed by atoms with Gasteiger partial charge in [-0.2, -0.15) is 0 Å². The summed E-state index contributed by atoms with van der Waals surface area (Å²) < 4.78 is 5.33. The van der Waals surface area contributed by atoms with E-state index in [0.29, 0.717) is 51.1 Å². The Balaban J connectivity index is 1.44. The van der Waals surface area contributed by atoms with E-state index in [9.17, 15) is 19.2 Å². The molecule has 3 aliphatic rings. The van der Waals surface area contributed by atoms with Gasteiger partial charge >= 0.3 is 6.03 Å². The van der Waals surface area contributed by atoms with Crippen LogP contribution in [0.4, 0.5) is 4.79 Å². The van der Waals surface area contributed by atoms with Gasteiger partial charge in [-0.25, -0.2) is 4.79 Å². The highest BCUT2D eigenvalue weighted by Gasteiger charge is 2.55. The molecule has 3 saturated heterocycles. The molecular formula is C23H32N4O5. The highest BCUT2D eigenvalue weighted by atomic mass is 16.3. The van der Waals surface area contributed by atoms with E-state index >= 15 is 0 Å². The minimum absolute atomic E-state index is 0.00178. The molecule has 3 aliphatic heterocycles. The number of urea groups is 1. The van der Waals surface area contributed by atoms with Crippen LogP contribution in [0.15, 0.2) is 22.8 Å². The van der Waals surface area contributed by atoms with Gasteiger partial charge in [-0.1, -0.05) is 13.3 Å². The molecule has 0 aromatic carbocycles. The first-order valence-electron chi connectivity index (χ1n) is 11.6. The van der Waals surface area contributed by atoms with E-state index in [0.717, 1.165) is 12.8 Å². The molecule has 1 aromatic rings. The molecular weight excluding hydrogens is 412 g/mol. The van der Waals surface area contributed by atoms with Gasteiger partial charge in [-0.3, -0.25) is 19.3 Å². The maximum atomic E-state index is 13.5. The molecule has 1 unspecified atom stereocenters. The lowest BCUT2D eigenvalue weighted by Gasteiger charge is -2.41. The summed E-state index contributed by atoms with van der Waals surface area (Å²) in [5.41, 5.74) is -0.938. The molecule has 1 aromatic heterocycles. The number of likely N-dealkylation sites (tertiary alicyclic amines) is 2. The zero-order valence-corrected chi connectivity index (χ0v) is 18.8. The van der Waals surface area contributed by atoms with E-state index in [1.165, 1.54) is 18.1 Å². The number of hydrogen-bond donors (Lipinski definition) is 1. The Hall–Kier alpha value is -2.84. The van der Waals surface area contributed by atoms with Crippen molar-refractivity contribution >= 4 is 23.8 Å². The third-order valence-electron chi connectivity index (χ3n) is 7.19. The number of piperidine rings is 1. The second kappa shape index (κ2) is 8.96. The van der Waals surface area contributed by atoms with Crippen molar-refractivity contribution in [3.05, 3.63) is 24.2 Å². The van der Waals surface area contributed by atoms with Crippen LogP contribution in [-0.2, 0) is 20.9 Å². The van der Waals surface area contributed by atoms with Crippen LogP contribution in [0.5, 0.6) is 0 Å². The molecule has 0 bridgehead atoms. The SMILES string of the molecule is CCCC1(C2CCN(C(=O)[C@@H]3CCCN3C(C)=O)CC2)NC(=O)N(Cc2ccco2)C1=O. The first kappa shape index (κ1) is 22.4. The summed E-state index contributed by atoms with van der Waals surface area (Å²) in [6.45, 7) is 5.31. The summed E-state index contributed by atoms with van der Waals surface area (Å²) in [6.07, 6.45) is 5.67. The Morgan fingerprint density at radius 2 is 1.94 bits per heavy atom. The van der Waals surface area contributed by atoms with Crippen LogP contribution in [0.3, 0.4) is 0 Å². The van der Waals surface area contributed by atoms with Gasteiger partial charge in [0.15, 0.2) is 0 Å². The second-order valence-corrected chi connectivity index (χ2v) is 9.09. The third kappa shape index (κ3) is 3.89. The van der Waals surface area contributed by atoms with Crippen LogP contribution in [0.2, 0.25) is 0 Å². The molecule has 9 nitrogen and oxygen atoms in total. The van der Waals surface area contributed by atoms with Crippen molar-refractivity contribution in [3.63, 3.8) is 0 Å². The van der Waals surface area contributed by atoms with E-state index in [2.05, 4.69) is 5.32 Å². The summed E-state index contributed by atoms with van der Waals surface area (Å²) in [7, 11) is 0. The molecule has 3 fully saturated rings. The van der Waals surface area contributed by atoms with Crippen molar-refractivity contribution in [1.82, 2.24) is 20.0 Å². The summed E-state index contributed by atoms with van der Waals surface area (Å²) in [6, 6.07) is 2.72. The number of carbonyl (C=O) groups excluding carboxylic acids is 4. The molecule has 32 heavy (non-hydrogen) atoms. The Morgan fingerprint density at radius 3 is 2.56 bits per heavy atom. The van der Waals surface area contributed by atoms with Gasteiger partial charge in [-0.15, -0.1) is 0 Å². The normalized spacial score (nSPS) is 26.7. The fraction of sp³-hybridized carbons (Fsp3) is 0.652. The average Bonchev–Trinajstić information content (AvgIpc) is 3.52. The summed E-state index contributed by atoms with van der Waals surface area (Å²) in [5.74, 6) is 0.254.